The van der Waals surface area contributed by atoms with Crippen LogP contribution in [0.2, 0.25) is 0 Å². The molecule has 0 saturated heterocycles. The third kappa shape index (κ3) is 4.40. The summed E-state index contributed by atoms with van der Waals surface area (Å²) < 4.78 is 35.8. The van der Waals surface area contributed by atoms with Crippen molar-refractivity contribution in [2.75, 3.05) is 0 Å². The molecule has 5 nitrogen and oxygen atoms in total. The van der Waals surface area contributed by atoms with Crippen molar-refractivity contribution in [2.45, 2.75) is 13.5 Å². The number of hydrogen-bond acceptors (Lipinski definition) is 3. The quantitative estimate of drug-likeness (QED) is 0.345. The number of aromatic carboxylic acids is 1. The van der Waals surface area contributed by atoms with Crippen molar-refractivity contribution in [3.63, 3.8) is 0 Å². The molecule has 0 spiro atoms. The number of ether oxygens (including phenoxy) is 1. The Morgan fingerprint density at radius 3 is 2.66 bits per heavy atom. The zero-order chi connectivity index (χ0) is 22.8. The Hall–Kier alpha value is -3.52. The van der Waals surface area contributed by atoms with E-state index in [2.05, 4.69) is 20.9 Å². The first kappa shape index (κ1) is 21.7. The van der Waals surface area contributed by atoms with Gasteiger partial charge in [0.25, 0.3) is 0 Å². The maximum atomic E-state index is 14.0. The molecule has 0 atom stereocenters. The normalized spacial score (nSPS) is 10.9. The highest BCUT2D eigenvalue weighted by atomic mass is 79.9. The molecule has 162 valence electrons. The van der Waals surface area contributed by atoms with Crippen molar-refractivity contribution >= 4 is 21.9 Å². The van der Waals surface area contributed by atoms with Crippen LogP contribution in [-0.4, -0.2) is 20.6 Å². The SMILES string of the molecule is Cc1ccc(-c2cc(Br)ccc2OCc2ccc(F)cc2F)n1-c1cccc(C(=O)O)n1. The average Bonchev–Trinajstić information content (AvgIpc) is 3.15. The Morgan fingerprint density at radius 1 is 1.09 bits per heavy atom. The summed E-state index contributed by atoms with van der Waals surface area (Å²) in [5.74, 6) is -1.54. The molecule has 0 aliphatic heterocycles. The van der Waals surface area contributed by atoms with Crippen LogP contribution in [0.3, 0.4) is 0 Å². The lowest BCUT2D eigenvalue weighted by molar-refractivity contribution is 0.0690. The van der Waals surface area contributed by atoms with Crippen LogP contribution in [0, 0.1) is 18.6 Å². The fourth-order valence-electron chi connectivity index (χ4n) is 3.34. The van der Waals surface area contributed by atoms with Gasteiger partial charge in [0.05, 0.1) is 5.69 Å². The van der Waals surface area contributed by atoms with Crippen molar-refractivity contribution < 1.29 is 23.4 Å². The van der Waals surface area contributed by atoms with Crippen LogP contribution in [0.15, 0.2) is 71.2 Å². The number of pyridine rings is 1. The molecule has 2 aromatic heterocycles. The van der Waals surface area contributed by atoms with E-state index < -0.39 is 17.6 Å². The van der Waals surface area contributed by atoms with E-state index in [4.69, 9.17) is 4.74 Å². The predicted molar refractivity (Wildman–Crippen MR) is 119 cm³/mol. The van der Waals surface area contributed by atoms with Gasteiger partial charge in [-0.3, -0.25) is 4.57 Å². The number of aromatic nitrogens is 2. The summed E-state index contributed by atoms with van der Waals surface area (Å²) in [5, 5.41) is 9.31. The van der Waals surface area contributed by atoms with Gasteiger partial charge in [0, 0.05) is 27.4 Å². The van der Waals surface area contributed by atoms with Gasteiger partial charge < -0.3 is 9.84 Å². The monoisotopic (exact) mass is 498 g/mol. The molecule has 1 N–H and O–H groups in total. The largest absolute Gasteiger partial charge is 0.488 e. The lowest BCUT2D eigenvalue weighted by atomic mass is 10.1. The maximum absolute atomic E-state index is 14.0. The van der Waals surface area contributed by atoms with Crippen molar-refractivity contribution in [3.05, 3.63) is 99.8 Å². The number of halogens is 3. The Morgan fingerprint density at radius 2 is 1.91 bits per heavy atom. The Labute approximate surface area is 191 Å². The van der Waals surface area contributed by atoms with Crippen LogP contribution in [0.5, 0.6) is 5.75 Å². The van der Waals surface area contributed by atoms with Gasteiger partial charge in [-0.25, -0.2) is 18.6 Å². The predicted octanol–water partition coefficient (Wildman–Crippen LogP) is 6.17. The van der Waals surface area contributed by atoms with Gasteiger partial charge in [0.1, 0.15) is 29.8 Å². The molecule has 0 bridgehead atoms. The zero-order valence-corrected chi connectivity index (χ0v) is 18.4. The maximum Gasteiger partial charge on any atom is 0.354 e. The summed E-state index contributed by atoms with van der Waals surface area (Å²) >= 11 is 3.47. The first-order valence-electron chi connectivity index (χ1n) is 9.59. The molecule has 8 heteroatoms. The summed E-state index contributed by atoms with van der Waals surface area (Å²) in [4.78, 5) is 15.6. The molecule has 4 aromatic rings. The molecule has 2 aromatic carbocycles. The standard InChI is InChI=1S/C24H17BrF2N2O3/c1-14-5-9-21(29(14)23-4-2-3-20(28-23)24(30)31)18-11-16(25)7-10-22(18)32-13-15-6-8-17(26)12-19(15)27/h2-12H,13H2,1H3,(H,30,31). The highest BCUT2D eigenvalue weighted by Crippen LogP contribution is 2.36. The first-order chi connectivity index (χ1) is 15.3. The molecule has 0 aliphatic carbocycles. The van der Waals surface area contributed by atoms with Gasteiger partial charge in [-0.1, -0.05) is 22.0 Å². The van der Waals surface area contributed by atoms with Gasteiger partial charge in [0.15, 0.2) is 5.69 Å². The second kappa shape index (κ2) is 8.92. The summed E-state index contributed by atoms with van der Waals surface area (Å²) in [5.41, 5.74) is 2.40. The second-order valence-electron chi connectivity index (χ2n) is 7.05. The summed E-state index contributed by atoms with van der Waals surface area (Å²) in [6, 6.07) is 17.3. The average molecular weight is 499 g/mol. The van der Waals surface area contributed by atoms with E-state index in [0.717, 1.165) is 16.2 Å². The van der Waals surface area contributed by atoms with E-state index in [1.165, 1.54) is 18.2 Å². The zero-order valence-electron chi connectivity index (χ0n) is 16.8. The lowest BCUT2D eigenvalue weighted by Crippen LogP contribution is -2.07. The van der Waals surface area contributed by atoms with Crippen molar-refractivity contribution in [3.8, 4) is 22.8 Å². The van der Waals surface area contributed by atoms with E-state index in [1.54, 1.807) is 24.3 Å². The smallest absolute Gasteiger partial charge is 0.354 e. The van der Waals surface area contributed by atoms with Gasteiger partial charge in [0.2, 0.25) is 0 Å². The summed E-state index contributed by atoms with van der Waals surface area (Å²) in [6.45, 7) is 1.79. The van der Waals surface area contributed by atoms with E-state index in [9.17, 15) is 18.7 Å². The van der Waals surface area contributed by atoms with Crippen molar-refractivity contribution in [1.29, 1.82) is 0 Å². The van der Waals surface area contributed by atoms with Crippen LogP contribution in [0.1, 0.15) is 21.7 Å². The molecule has 0 amide bonds. The van der Waals surface area contributed by atoms with Crippen LogP contribution in [0.4, 0.5) is 8.78 Å². The van der Waals surface area contributed by atoms with Crippen molar-refractivity contribution in [1.82, 2.24) is 9.55 Å². The van der Waals surface area contributed by atoms with Crippen LogP contribution in [-0.2, 0) is 6.61 Å². The number of nitrogens with zero attached hydrogens (tertiary/aromatic N) is 2. The number of benzene rings is 2. The Bertz CT molecular complexity index is 1320. The van der Waals surface area contributed by atoms with Crippen LogP contribution >= 0.6 is 15.9 Å². The Kier molecular flexibility index (Phi) is 6.05. The molecular formula is C24H17BrF2N2O3. The van der Waals surface area contributed by atoms with E-state index in [0.29, 0.717) is 22.8 Å². The van der Waals surface area contributed by atoms with E-state index in [1.807, 2.05) is 29.7 Å². The molecule has 0 unspecified atom stereocenters. The molecular weight excluding hydrogens is 482 g/mol. The van der Waals surface area contributed by atoms with Gasteiger partial charge in [-0.2, -0.15) is 0 Å². The molecule has 2 heterocycles. The fourth-order valence-corrected chi connectivity index (χ4v) is 3.70. The third-order valence-corrected chi connectivity index (χ3v) is 5.37. The van der Waals surface area contributed by atoms with Gasteiger partial charge >= 0.3 is 5.97 Å². The second-order valence-corrected chi connectivity index (χ2v) is 7.96. The topological polar surface area (TPSA) is 64.3 Å². The number of carboxylic acid groups (broad SMARTS) is 1. The lowest BCUT2D eigenvalue weighted by Gasteiger charge is -2.16. The number of hydrogen-bond donors (Lipinski definition) is 1. The third-order valence-electron chi connectivity index (χ3n) is 4.87. The van der Waals surface area contributed by atoms with E-state index in [-0.39, 0.29) is 17.9 Å². The van der Waals surface area contributed by atoms with Crippen LogP contribution < -0.4 is 4.74 Å². The minimum atomic E-state index is -1.12. The molecule has 0 fully saturated rings. The number of carboxylic acids is 1. The fraction of sp³-hybridized carbons (Fsp3) is 0.0833. The number of rotatable bonds is 6. The molecule has 4 rings (SSSR count). The number of carbonyl (C=O) groups is 1. The molecule has 0 aliphatic rings. The van der Waals surface area contributed by atoms with Crippen molar-refractivity contribution in [2.24, 2.45) is 0 Å². The van der Waals surface area contributed by atoms with Crippen LogP contribution in [0.25, 0.3) is 17.1 Å². The van der Waals surface area contributed by atoms with Gasteiger partial charge in [-0.05, 0) is 61.5 Å². The summed E-state index contributed by atoms with van der Waals surface area (Å²) in [6.07, 6.45) is 0. The highest BCUT2D eigenvalue weighted by Gasteiger charge is 2.17. The molecule has 0 saturated carbocycles. The van der Waals surface area contributed by atoms with E-state index >= 15 is 0 Å². The number of aryl methyl sites for hydroxylation is 1. The minimum absolute atomic E-state index is 0.0703. The summed E-state index contributed by atoms with van der Waals surface area (Å²) in [7, 11) is 0. The minimum Gasteiger partial charge on any atom is -0.488 e. The first-order valence-corrected chi connectivity index (χ1v) is 10.4. The highest BCUT2D eigenvalue weighted by molar-refractivity contribution is 9.10. The molecule has 0 radical (unpaired) electrons. The van der Waals surface area contributed by atoms with Gasteiger partial charge in [-0.15, -0.1) is 0 Å². The Balaban J connectivity index is 1.76. The molecule has 32 heavy (non-hydrogen) atoms.